The van der Waals surface area contributed by atoms with E-state index >= 15 is 0 Å². The topological polar surface area (TPSA) is 95.8 Å². The molecular weight excluding hydrogens is 488 g/mol. The van der Waals surface area contributed by atoms with Gasteiger partial charge >= 0.3 is 0 Å². The largest absolute Gasteiger partial charge is 0.307 e. The number of rotatable bonds is 6. The number of amides is 2. The van der Waals surface area contributed by atoms with Gasteiger partial charge in [0.25, 0.3) is 11.6 Å². The van der Waals surface area contributed by atoms with Crippen LogP contribution in [0.25, 0.3) is 0 Å². The summed E-state index contributed by atoms with van der Waals surface area (Å²) in [5.74, 6) is -0.230. The number of nitro benzene ring substituents is 1. The standard InChI is InChI=1S/C28H28N4O4S/c33-27-18-26(20-12-14-21(15-13-20)28(34)29-30-16-6-1-7-17-30)37-25-11-5-4-10-24(25)31(27)19-22-8-2-3-9-23(22)32(35)36/h2-5,8-15,26H,1,6-7,16-19H2,(H,29,34). The summed E-state index contributed by atoms with van der Waals surface area (Å²) in [6, 6.07) is 21.6. The van der Waals surface area contributed by atoms with Gasteiger partial charge in [-0.05, 0) is 42.7 Å². The van der Waals surface area contributed by atoms with Crippen molar-refractivity contribution in [2.45, 2.75) is 42.4 Å². The van der Waals surface area contributed by atoms with Gasteiger partial charge in [-0.25, -0.2) is 5.01 Å². The number of nitrogens with zero attached hydrogens (tertiary/aromatic N) is 3. The molecule has 37 heavy (non-hydrogen) atoms. The van der Waals surface area contributed by atoms with Crippen LogP contribution in [0.5, 0.6) is 0 Å². The van der Waals surface area contributed by atoms with E-state index in [0.29, 0.717) is 11.1 Å². The van der Waals surface area contributed by atoms with Crippen molar-refractivity contribution in [3.63, 3.8) is 0 Å². The molecule has 0 saturated carbocycles. The highest BCUT2D eigenvalue weighted by atomic mass is 32.2. The lowest BCUT2D eigenvalue weighted by atomic mass is 10.1. The van der Waals surface area contributed by atoms with Crippen molar-refractivity contribution in [3.05, 3.63) is 99.6 Å². The van der Waals surface area contributed by atoms with Crippen molar-refractivity contribution in [3.8, 4) is 0 Å². The maximum Gasteiger partial charge on any atom is 0.274 e. The molecule has 8 nitrogen and oxygen atoms in total. The first-order valence-electron chi connectivity index (χ1n) is 12.4. The molecule has 0 radical (unpaired) electrons. The van der Waals surface area contributed by atoms with Gasteiger partial charge in [0.05, 0.1) is 17.2 Å². The Labute approximate surface area is 219 Å². The third-order valence-corrected chi connectivity index (χ3v) is 8.09. The number of nitro groups is 1. The molecule has 1 saturated heterocycles. The number of carbonyl (C=O) groups is 2. The highest BCUT2D eigenvalue weighted by molar-refractivity contribution is 7.99. The molecule has 0 bridgehead atoms. The number of anilines is 1. The first kappa shape index (κ1) is 25.0. The third-order valence-electron chi connectivity index (χ3n) is 6.76. The summed E-state index contributed by atoms with van der Waals surface area (Å²) >= 11 is 1.60. The number of benzene rings is 3. The van der Waals surface area contributed by atoms with Crippen LogP contribution in [0, 0.1) is 10.1 Å². The van der Waals surface area contributed by atoms with Gasteiger partial charge in [0.2, 0.25) is 5.91 Å². The molecular formula is C28H28N4O4S. The van der Waals surface area contributed by atoms with E-state index in [2.05, 4.69) is 5.43 Å². The lowest BCUT2D eigenvalue weighted by Gasteiger charge is -2.26. The number of hydrogen-bond acceptors (Lipinski definition) is 6. The van der Waals surface area contributed by atoms with Gasteiger partial charge in [-0.15, -0.1) is 11.8 Å². The molecule has 5 rings (SSSR count). The smallest absolute Gasteiger partial charge is 0.274 e. The van der Waals surface area contributed by atoms with Crippen molar-refractivity contribution in [1.29, 1.82) is 0 Å². The van der Waals surface area contributed by atoms with E-state index in [1.807, 2.05) is 53.5 Å². The summed E-state index contributed by atoms with van der Waals surface area (Å²) in [6.07, 6.45) is 3.60. The minimum absolute atomic E-state index is 0.000324. The summed E-state index contributed by atoms with van der Waals surface area (Å²) in [6.45, 7) is 1.86. The summed E-state index contributed by atoms with van der Waals surface area (Å²) < 4.78 is 0. The van der Waals surface area contributed by atoms with Crippen molar-refractivity contribution in [2.24, 2.45) is 0 Å². The molecule has 0 aliphatic carbocycles. The van der Waals surface area contributed by atoms with Crippen LogP contribution >= 0.6 is 11.8 Å². The normalized spacial score (nSPS) is 18.1. The van der Waals surface area contributed by atoms with Crippen LogP contribution in [0.3, 0.4) is 0 Å². The Hall–Kier alpha value is -3.69. The average Bonchev–Trinajstić information content (AvgIpc) is 3.06. The zero-order chi connectivity index (χ0) is 25.8. The zero-order valence-electron chi connectivity index (χ0n) is 20.3. The lowest BCUT2D eigenvalue weighted by Crippen LogP contribution is -2.45. The number of piperidine rings is 1. The van der Waals surface area contributed by atoms with Crippen LogP contribution in [0.4, 0.5) is 11.4 Å². The molecule has 3 aromatic carbocycles. The number of para-hydroxylation sites is 2. The van der Waals surface area contributed by atoms with Crippen LogP contribution in [0.15, 0.2) is 77.7 Å². The van der Waals surface area contributed by atoms with E-state index in [9.17, 15) is 19.7 Å². The number of nitrogens with one attached hydrogen (secondary N) is 1. The molecule has 9 heteroatoms. The van der Waals surface area contributed by atoms with Gasteiger partial charge < -0.3 is 4.90 Å². The number of thioether (sulfide) groups is 1. The molecule has 2 heterocycles. The Morgan fingerprint density at radius 1 is 0.973 bits per heavy atom. The Bertz CT molecular complexity index is 1310. The maximum absolute atomic E-state index is 13.5. The van der Waals surface area contributed by atoms with E-state index in [4.69, 9.17) is 0 Å². The Morgan fingerprint density at radius 3 is 2.43 bits per heavy atom. The van der Waals surface area contributed by atoms with Crippen molar-refractivity contribution >= 4 is 35.0 Å². The molecule has 1 N–H and O–H groups in total. The number of carbonyl (C=O) groups excluding carboxylic acids is 2. The highest BCUT2D eigenvalue weighted by Gasteiger charge is 2.30. The van der Waals surface area contributed by atoms with Gasteiger partial charge in [0.15, 0.2) is 0 Å². The van der Waals surface area contributed by atoms with Crippen molar-refractivity contribution in [2.75, 3.05) is 18.0 Å². The van der Waals surface area contributed by atoms with E-state index in [0.717, 1.165) is 42.1 Å². The quantitative estimate of drug-likeness (QED) is 0.344. The molecule has 2 aliphatic rings. The van der Waals surface area contributed by atoms with Crippen molar-refractivity contribution in [1.82, 2.24) is 10.4 Å². The van der Waals surface area contributed by atoms with Crippen LogP contribution in [-0.2, 0) is 11.3 Å². The summed E-state index contributed by atoms with van der Waals surface area (Å²) in [4.78, 5) is 39.9. The monoisotopic (exact) mass is 516 g/mol. The fourth-order valence-electron chi connectivity index (χ4n) is 4.79. The second kappa shape index (κ2) is 11.1. The van der Waals surface area contributed by atoms with E-state index in [1.165, 1.54) is 12.5 Å². The molecule has 1 fully saturated rings. The number of fused-ring (bicyclic) bond motifs is 1. The average molecular weight is 517 g/mol. The van der Waals surface area contributed by atoms with Gasteiger partial charge in [-0.2, -0.15) is 0 Å². The minimum Gasteiger partial charge on any atom is -0.307 e. The first-order valence-corrected chi connectivity index (χ1v) is 13.3. The second-order valence-electron chi connectivity index (χ2n) is 9.25. The summed E-state index contributed by atoms with van der Waals surface area (Å²) in [7, 11) is 0. The number of hydrazine groups is 1. The highest BCUT2D eigenvalue weighted by Crippen LogP contribution is 2.46. The molecule has 1 unspecified atom stereocenters. The van der Waals surface area contributed by atoms with Gasteiger partial charge in [-0.3, -0.25) is 25.1 Å². The molecule has 0 aromatic heterocycles. The Morgan fingerprint density at radius 2 is 1.68 bits per heavy atom. The summed E-state index contributed by atoms with van der Waals surface area (Å²) in [5, 5.41) is 13.4. The Kier molecular flexibility index (Phi) is 7.52. The van der Waals surface area contributed by atoms with E-state index < -0.39 is 4.92 Å². The third kappa shape index (κ3) is 5.68. The molecule has 3 aromatic rings. The van der Waals surface area contributed by atoms with Crippen molar-refractivity contribution < 1.29 is 14.5 Å². The maximum atomic E-state index is 13.5. The molecule has 1 atom stereocenters. The van der Waals surface area contributed by atoms with E-state index in [1.54, 1.807) is 34.9 Å². The van der Waals surface area contributed by atoms with Gasteiger partial charge in [-0.1, -0.05) is 48.9 Å². The Balaban J connectivity index is 1.36. The van der Waals surface area contributed by atoms with Gasteiger partial charge in [0.1, 0.15) is 0 Å². The second-order valence-corrected chi connectivity index (χ2v) is 10.5. The van der Waals surface area contributed by atoms with Crippen LogP contribution in [-0.4, -0.2) is 34.8 Å². The molecule has 190 valence electrons. The summed E-state index contributed by atoms with van der Waals surface area (Å²) in [5.41, 5.74) is 5.76. The van der Waals surface area contributed by atoms with Crippen LogP contribution in [0.2, 0.25) is 0 Å². The molecule has 2 aliphatic heterocycles. The van der Waals surface area contributed by atoms with E-state index in [-0.39, 0.29) is 35.7 Å². The SMILES string of the molecule is O=C(NN1CCCCC1)c1ccc(C2CC(=O)N(Cc3ccccc3[N+](=O)[O-])c3ccccc3S2)cc1. The molecule has 2 amide bonds. The fraction of sp³-hybridized carbons (Fsp3) is 0.286. The van der Waals surface area contributed by atoms with Gasteiger partial charge in [0, 0.05) is 46.8 Å². The van der Waals surface area contributed by atoms with Crippen LogP contribution < -0.4 is 10.3 Å². The fourth-order valence-corrected chi connectivity index (χ4v) is 6.07. The first-order chi connectivity index (χ1) is 18.0. The van der Waals surface area contributed by atoms with Crippen LogP contribution in [0.1, 0.15) is 52.4 Å². The lowest BCUT2D eigenvalue weighted by molar-refractivity contribution is -0.385. The predicted octanol–water partition coefficient (Wildman–Crippen LogP) is 5.50. The zero-order valence-corrected chi connectivity index (χ0v) is 21.2. The molecule has 0 spiro atoms. The predicted molar refractivity (Wildman–Crippen MR) is 143 cm³/mol. The minimum atomic E-state index is -0.413. The number of hydrogen-bond donors (Lipinski definition) is 1.